The molecule has 1 N–H and O–H groups in total. The van der Waals surface area contributed by atoms with E-state index in [1.165, 1.54) is 18.9 Å². The first-order chi connectivity index (χ1) is 7.46. The highest BCUT2D eigenvalue weighted by Crippen LogP contribution is 2.38. The zero-order valence-electron chi connectivity index (χ0n) is 9.69. The summed E-state index contributed by atoms with van der Waals surface area (Å²) in [4.78, 5) is 0. The number of anilines is 1. The van der Waals surface area contributed by atoms with E-state index in [1.807, 2.05) is 0 Å². The lowest BCUT2D eigenvalue weighted by atomic mass is 9.92. The van der Waals surface area contributed by atoms with Gasteiger partial charge in [0.05, 0.1) is 5.02 Å². The predicted octanol–water partition coefficient (Wildman–Crippen LogP) is 4.47. The molecule has 88 valence electrons. The van der Waals surface area contributed by atoms with E-state index in [-0.39, 0.29) is 10.8 Å². The van der Waals surface area contributed by atoms with E-state index in [0.717, 1.165) is 12.1 Å². The molecular weight excluding hydrogens is 225 g/mol. The summed E-state index contributed by atoms with van der Waals surface area (Å²) in [6.07, 6.45) is 3.56. The minimum Gasteiger partial charge on any atom is -0.382 e. The van der Waals surface area contributed by atoms with Gasteiger partial charge in [0.2, 0.25) is 0 Å². The van der Waals surface area contributed by atoms with E-state index in [0.29, 0.717) is 11.5 Å². The van der Waals surface area contributed by atoms with Crippen molar-refractivity contribution >= 4 is 17.3 Å². The summed E-state index contributed by atoms with van der Waals surface area (Å²) in [5.41, 5.74) is 1.33. The second-order valence-electron chi connectivity index (χ2n) is 5.38. The molecule has 1 atom stereocenters. The summed E-state index contributed by atoms with van der Waals surface area (Å²) in [6, 6.07) is 5.29. The van der Waals surface area contributed by atoms with Gasteiger partial charge in [-0.15, -0.1) is 0 Å². The van der Waals surface area contributed by atoms with Crippen LogP contribution in [-0.4, -0.2) is 6.04 Å². The van der Waals surface area contributed by atoms with Gasteiger partial charge in [0, 0.05) is 11.7 Å². The molecule has 1 aliphatic rings. The number of hydrogen-bond acceptors (Lipinski definition) is 1. The minimum absolute atomic E-state index is 0.183. The van der Waals surface area contributed by atoms with Crippen LogP contribution in [0, 0.1) is 11.2 Å². The Morgan fingerprint density at radius 3 is 2.75 bits per heavy atom. The van der Waals surface area contributed by atoms with E-state index < -0.39 is 0 Å². The summed E-state index contributed by atoms with van der Waals surface area (Å²) in [5.74, 6) is -0.362. The molecule has 0 bridgehead atoms. The van der Waals surface area contributed by atoms with Crippen LogP contribution in [0.15, 0.2) is 18.2 Å². The molecule has 2 rings (SSSR count). The van der Waals surface area contributed by atoms with Crippen LogP contribution in [0.4, 0.5) is 10.1 Å². The van der Waals surface area contributed by atoms with Crippen LogP contribution in [0.2, 0.25) is 5.02 Å². The SMILES string of the molecule is CC1(C)CCC(Nc2ccc(F)c(Cl)c2)C1. The van der Waals surface area contributed by atoms with E-state index >= 15 is 0 Å². The quantitative estimate of drug-likeness (QED) is 0.806. The van der Waals surface area contributed by atoms with Gasteiger partial charge in [-0.2, -0.15) is 0 Å². The Hall–Kier alpha value is -0.760. The van der Waals surface area contributed by atoms with Crippen molar-refractivity contribution in [3.05, 3.63) is 29.0 Å². The Bertz CT molecular complexity index is 390. The predicted molar refractivity (Wildman–Crippen MR) is 66.5 cm³/mol. The molecule has 1 aromatic rings. The van der Waals surface area contributed by atoms with Crippen LogP contribution < -0.4 is 5.32 Å². The molecule has 1 fully saturated rings. The summed E-state index contributed by atoms with van der Waals surface area (Å²) in [5, 5.41) is 3.60. The van der Waals surface area contributed by atoms with Crippen molar-refractivity contribution in [1.29, 1.82) is 0 Å². The van der Waals surface area contributed by atoms with Crippen LogP contribution in [0.1, 0.15) is 33.1 Å². The van der Waals surface area contributed by atoms with Crippen molar-refractivity contribution in [1.82, 2.24) is 0 Å². The van der Waals surface area contributed by atoms with Gasteiger partial charge in [-0.05, 0) is 42.9 Å². The molecule has 0 amide bonds. The molecule has 3 heteroatoms. The normalized spacial score (nSPS) is 23.4. The summed E-state index contributed by atoms with van der Waals surface area (Å²) in [6.45, 7) is 4.57. The van der Waals surface area contributed by atoms with Gasteiger partial charge >= 0.3 is 0 Å². The topological polar surface area (TPSA) is 12.0 Å². The van der Waals surface area contributed by atoms with Crippen LogP contribution >= 0.6 is 11.6 Å². The van der Waals surface area contributed by atoms with Crippen molar-refractivity contribution in [2.45, 2.75) is 39.2 Å². The van der Waals surface area contributed by atoms with Gasteiger partial charge in [0.1, 0.15) is 5.82 Å². The van der Waals surface area contributed by atoms with Gasteiger partial charge in [0.15, 0.2) is 0 Å². The summed E-state index contributed by atoms with van der Waals surface area (Å²) >= 11 is 5.74. The molecule has 1 nitrogen and oxygen atoms in total. The molecule has 1 unspecified atom stereocenters. The van der Waals surface area contributed by atoms with Crippen molar-refractivity contribution in [3.8, 4) is 0 Å². The van der Waals surface area contributed by atoms with E-state index in [1.54, 1.807) is 12.1 Å². The molecule has 0 aromatic heterocycles. The van der Waals surface area contributed by atoms with Gasteiger partial charge in [0.25, 0.3) is 0 Å². The molecule has 1 saturated carbocycles. The third-order valence-corrected chi connectivity index (χ3v) is 3.55. The van der Waals surface area contributed by atoms with Crippen LogP contribution in [0.3, 0.4) is 0 Å². The molecular formula is C13H17ClFN. The highest BCUT2D eigenvalue weighted by Gasteiger charge is 2.30. The third-order valence-electron chi connectivity index (χ3n) is 3.26. The number of hydrogen-bond donors (Lipinski definition) is 1. The fourth-order valence-electron chi connectivity index (χ4n) is 2.38. The molecule has 0 aliphatic heterocycles. The Labute approximate surface area is 101 Å². The van der Waals surface area contributed by atoms with Gasteiger partial charge in [-0.3, -0.25) is 0 Å². The van der Waals surface area contributed by atoms with E-state index in [9.17, 15) is 4.39 Å². The first-order valence-corrected chi connectivity index (χ1v) is 6.06. The molecule has 0 heterocycles. The standard InChI is InChI=1S/C13H17ClFN/c1-13(2)6-5-10(8-13)16-9-3-4-12(15)11(14)7-9/h3-4,7,10,16H,5-6,8H2,1-2H3. The molecule has 1 aliphatic carbocycles. The largest absolute Gasteiger partial charge is 0.382 e. The molecule has 1 aromatic carbocycles. The Balaban J connectivity index is 2.02. The summed E-state index contributed by atoms with van der Waals surface area (Å²) in [7, 11) is 0. The second kappa shape index (κ2) is 4.25. The maximum absolute atomic E-state index is 13.0. The van der Waals surface area contributed by atoms with Crippen molar-refractivity contribution in [2.24, 2.45) is 5.41 Å². The van der Waals surface area contributed by atoms with Crippen LogP contribution in [0.5, 0.6) is 0 Å². The number of benzene rings is 1. The highest BCUT2D eigenvalue weighted by molar-refractivity contribution is 6.31. The molecule has 16 heavy (non-hydrogen) atoms. The highest BCUT2D eigenvalue weighted by atomic mass is 35.5. The lowest BCUT2D eigenvalue weighted by molar-refractivity contribution is 0.378. The van der Waals surface area contributed by atoms with E-state index in [2.05, 4.69) is 19.2 Å². The van der Waals surface area contributed by atoms with Crippen molar-refractivity contribution < 1.29 is 4.39 Å². The molecule has 0 spiro atoms. The monoisotopic (exact) mass is 241 g/mol. The molecule has 0 radical (unpaired) electrons. The lowest BCUT2D eigenvalue weighted by Gasteiger charge is -2.18. The average Bonchev–Trinajstić information content (AvgIpc) is 2.52. The third kappa shape index (κ3) is 2.67. The Morgan fingerprint density at radius 1 is 1.44 bits per heavy atom. The lowest BCUT2D eigenvalue weighted by Crippen LogP contribution is -2.17. The zero-order chi connectivity index (χ0) is 11.8. The average molecular weight is 242 g/mol. The maximum Gasteiger partial charge on any atom is 0.141 e. The van der Waals surface area contributed by atoms with Gasteiger partial charge < -0.3 is 5.32 Å². The molecule has 0 saturated heterocycles. The summed E-state index contributed by atoms with van der Waals surface area (Å²) < 4.78 is 13.0. The maximum atomic E-state index is 13.0. The van der Waals surface area contributed by atoms with Crippen LogP contribution in [0.25, 0.3) is 0 Å². The van der Waals surface area contributed by atoms with Gasteiger partial charge in [-0.1, -0.05) is 25.4 Å². The smallest absolute Gasteiger partial charge is 0.141 e. The fraction of sp³-hybridized carbons (Fsp3) is 0.538. The Kier molecular flexibility index (Phi) is 3.11. The number of nitrogens with one attached hydrogen (secondary N) is 1. The first-order valence-electron chi connectivity index (χ1n) is 5.68. The van der Waals surface area contributed by atoms with Crippen molar-refractivity contribution in [3.63, 3.8) is 0 Å². The van der Waals surface area contributed by atoms with Crippen molar-refractivity contribution in [2.75, 3.05) is 5.32 Å². The zero-order valence-corrected chi connectivity index (χ0v) is 10.4. The number of halogens is 2. The minimum atomic E-state index is -0.362. The Morgan fingerprint density at radius 2 is 2.19 bits per heavy atom. The van der Waals surface area contributed by atoms with Crippen LogP contribution in [-0.2, 0) is 0 Å². The van der Waals surface area contributed by atoms with Gasteiger partial charge in [-0.25, -0.2) is 4.39 Å². The van der Waals surface area contributed by atoms with E-state index in [4.69, 9.17) is 11.6 Å². The fourth-order valence-corrected chi connectivity index (χ4v) is 2.56. The second-order valence-corrected chi connectivity index (χ2v) is 5.78. The first kappa shape index (κ1) is 11.7. The number of rotatable bonds is 2.